The van der Waals surface area contributed by atoms with Crippen molar-refractivity contribution in [1.82, 2.24) is 5.32 Å². The highest BCUT2D eigenvalue weighted by Crippen LogP contribution is 2.56. The normalized spacial score (nSPS) is 32.2. The third kappa shape index (κ3) is 0.780. The molecule has 0 saturated heterocycles. The molecule has 0 radical (unpaired) electrons. The van der Waals surface area contributed by atoms with E-state index >= 15 is 0 Å². The zero-order valence-electron chi connectivity index (χ0n) is 7.90. The summed E-state index contributed by atoms with van der Waals surface area (Å²) in [5.41, 5.74) is 2.60. The van der Waals surface area contributed by atoms with Gasteiger partial charge in [-0.25, -0.2) is 0 Å². The van der Waals surface area contributed by atoms with Crippen molar-refractivity contribution in [1.29, 1.82) is 0 Å². The van der Waals surface area contributed by atoms with Crippen LogP contribution in [0.2, 0.25) is 0 Å². The molecule has 0 aromatic carbocycles. The average Bonchev–Trinajstić information content (AvgIpc) is 2.79. The lowest BCUT2D eigenvalue weighted by Gasteiger charge is -2.31. The number of carbonyl (C=O) groups is 1. The van der Waals surface area contributed by atoms with Crippen molar-refractivity contribution >= 4 is 5.91 Å². The van der Waals surface area contributed by atoms with Crippen molar-refractivity contribution in [3.8, 4) is 0 Å². The number of hydrogen-bond acceptors (Lipinski definition) is 1. The van der Waals surface area contributed by atoms with Crippen molar-refractivity contribution < 1.29 is 4.79 Å². The second-order valence-electron chi connectivity index (χ2n) is 4.10. The van der Waals surface area contributed by atoms with Gasteiger partial charge in [-0.3, -0.25) is 4.79 Å². The second-order valence-corrected chi connectivity index (χ2v) is 4.10. The third-order valence-corrected chi connectivity index (χ3v) is 3.62. The van der Waals surface area contributed by atoms with E-state index in [2.05, 4.69) is 19.2 Å². The molecule has 66 valence electrons. The zero-order valence-corrected chi connectivity index (χ0v) is 7.90. The second kappa shape index (κ2) is 2.12. The van der Waals surface area contributed by atoms with Gasteiger partial charge < -0.3 is 5.32 Å². The molecule has 1 heterocycles. The van der Waals surface area contributed by atoms with Crippen LogP contribution in [-0.2, 0) is 4.79 Å². The van der Waals surface area contributed by atoms with Gasteiger partial charge in [0.05, 0.1) is 0 Å². The molecule has 1 saturated carbocycles. The molecule has 1 unspecified atom stereocenters. The minimum atomic E-state index is 0.123. The Morgan fingerprint density at radius 3 is 2.50 bits per heavy atom. The molecule has 2 aliphatic rings. The largest absolute Gasteiger partial charge is 0.349 e. The zero-order chi connectivity index (χ0) is 8.93. The molecule has 2 heteroatoms. The van der Waals surface area contributed by atoms with E-state index in [1.807, 2.05) is 6.92 Å². The average molecular weight is 165 g/mol. The fourth-order valence-corrected chi connectivity index (χ4v) is 2.25. The summed E-state index contributed by atoms with van der Waals surface area (Å²) in [4.78, 5) is 11.4. The molecule has 1 spiro atoms. The maximum Gasteiger partial charge on any atom is 0.247 e. The number of hydrogen-bond donors (Lipinski definition) is 1. The Kier molecular flexibility index (Phi) is 1.39. The molecular formula is C10H15NO. The highest BCUT2D eigenvalue weighted by Gasteiger charge is 2.52. The van der Waals surface area contributed by atoms with Crippen LogP contribution >= 0.6 is 0 Å². The molecular weight excluding hydrogens is 150 g/mol. The van der Waals surface area contributed by atoms with Crippen molar-refractivity contribution in [2.45, 2.75) is 39.7 Å². The molecule has 1 atom stereocenters. The lowest BCUT2D eigenvalue weighted by molar-refractivity contribution is -0.119. The summed E-state index contributed by atoms with van der Waals surface area (Å²) in [6.45, 7) is 6.15. The molecule has 0 aromatic heterocycles. The first-order valence-corrected chi connectivity index (χ1v) is 4.57. The SMILES string of the molecule is CC1=C(C)C2(CC2)C(C)NC1=O. The lowest BCUT2D eigenvalue weighted by Crippen LogP contribution is -2.45. The maximum atomic E-state index is 11.4. The molecule has 12 heavy (non-hydrogen) atoms. The summed E-state index contributed by atoms with van der Waals surface area (Å²) in [6, 6.07) is 0.341. The standard InChI is InChI=1S/C10H15NO/c1-6-7(2)10(4-5-10)8(3)11-9(6)12/h8H,4-5H2,1-3H3,(H,11,12). The first kappa shape index (κ1) is 7.84. The van der Waals surface area contributed by atoms with Crippen LogP contribution in [0, 0.1) is 5.41 Å². The van der Waals surface area contributed by atoms with Crippen LogP contribution in [0.4, 0.5) is 0 Å². The number of carbonyl (C=O) groups excluding carboxylic acids is 1. The Bertz CT molecular complexity index is 274. The monoisotopic (exact) mass is 165 g/mol. The third-order valence-electron chi connectivity index (χ3n) is 3.62. The van der Waals surface area contributed by atoms with E-state index in [-0.39, 0.29) is 5.91 Å². The lowest BCUT2D eigenvalue weighted by atomic mass is 9.83. The van der Waals surface area contributed by atoms with Gasteiger partial charge >= 0.3 is 0 Å². The van der Waals surface area contributed by atoms with Gasteiger partial charge in [0.1, 0.15) is 0 Å². The Balaban J connectivity index is 2.44. The molecule has 2 nitrogen and oxygen atoms in total. The van der Waals surface area contributed by atoms with Gasteiger partial charge in [0.15, 0.2) is 0 Å². The fourth-order valence-electron chi connectivity index (χ4n) is 2.25. The molecule has 1 aliphatic heterocycles. The molecule has 2 rings (SSSR count). The van der Waals surface area contributed by atoms with Crippen LogP contribution in [0.5, 0.6) is 0 Å². The van der Waals surface area contributed by atoms with Crippen molar-refractivity contribution in [2.24, 2.45) is 5.41 Å². The fraction of sp³-hybridized carbons (Fsp3) is 0.700. The van der Waals surface area contributed by atoms with E-state index < -0.39 is 0 Å². The minimum absolute atomic E-state index is 0.123. The molecule has 1 fully saturated rings. The van der Waals surface area contributed by atoms with Crippen molar-refractivity contribution in [3.05, 3.63) is 11.1 Å². The number of nitrogens with one attached hydrogen (secondary N) is 1. The molecule has 0 bridgehead atoms. The van der Waals surface area contributed by atoms with Gasteiger partial charge in [0.25, 0.3) is 0 Å². The van der Waals surface area contributed by atoms with Gasteiger partial charge in [-0.15, -0.1) is 0 Å². The van der Waals surface area contributed by atoms with E-state index in [4.69, 9.17) is 0 Å². The first-order chi connectivity index (χ1) is 5.58. The predicted octanol–water partition coefficient (Wildman–Crippen LogP) is 1.62. The summed E-state index contributed by atoms with van der Waals surface area (Å²) < 4.78 is 0. The van der Waals surface area contributed by atoms with Gasteiger partial charge in [-0.05, 0) is 33.6 Å². The molecule has 1 aliphatic carbocycles. The Hall–Kier alpha value is -0.790. The van der Waals surface area contributed by atoms with Crippen LogP contribution in [0.1, 0.15) is 33.6 Å². The topological polar surface area (TPSA) is 29.1 Å². The molecule has 1 N–H and O–H groups in total. The van der Waals surface area contributed by atoms with E-state index in [0.29, 0.717) is 11.5 Å². The van der Waals surface area contributed by atoms with Gasteiger partial charge in [-0.1, -0.05) is 5.57 Å². The Morgan fingerprint density at radius 1 is 1.42 bits per heavy atom. The first-order valence-electron chi connectivity index (χ1n) is 4.57. The summed E-state index contributed by atoms with van der Waals surface area (Å²) in [5, 5.41) is 3.02. The summed E-state index contributed by atoms with van der Waals surface area (Å²) in [7, 11) is 0. The van der Waals surface area contributed by atoms with Crippen LogP contribution in [0.15, 0.2) is 11.1 Å². The summed E-state index contributed by atoms with van der Waals surface area (Å²) >= 11 is 0. The van der Waals surface area contributed by atoms with Crippen LogP contribution in [0.3, 0.4) is 0 Å². The smallest absolute Gasteiger partial charge is 0.247 e. The summed E-state index contributed by atoms with van der Waals surface area (Å²) in [5.74, 6) is 0.123. The van der Waals surface area contributed by atoms with Crippen molar-refractivity contribution in [3.63, 3.8) is 0 Å². The van der Waals surface area contributed by atoms with Crippen LogP contribution in [-0.4, -0.2) is 11.9 Å². The van der Waals surface area contributed by atoms with Crippen LogP contribution in [0.25, 0.3) is 0 Å². The van der Waals surface area contributed by atoms with Crippen LogP contribution < -0.4 is 5.32 Å². The van der Waals surface area contributed by atoms with Gasteiger partial charge in [0.2, 0.25) is 5.91 Å². The maximum absolute atomic E-state index is 11.4. The number of amides is 1. The summed E-state index contributed by atoms with van der Waals surface area (Å²) in [6.07, 6.45) is 2.50. The van der Waals surface area contributed by atoms with Gasteiger partial charge in [-0.2, -0.15) is 0 Å². The highest BCUT2D eigenvalue weighted by atomic mass is 16.1. The molecule has 1 amide bonds. The Morgan fingerprint density at radius 2 is 2.00 bits per heavy atom. The predicted molar refractivity (Wildman–Crippen MR) is 47.6 cm³/mol. The minimum Gasteiger partial charge on any atom is -0.349 e. The van der Waals surface area contributed by atoms with E-state index in [1.165, 1.54) is 18.4 Å². The van der Waals surface area contributed by atoms with Gasteiger partial charge in [0, 0.05) is 17.0 Å². The van der Waals surface area contributed by atoms with E-state index in [1.54, 1.807) is 0 Å². The van der Waals surface area contributed by atoms with Crippen molar-refractivity contribution in [2.75, 3.05) is 0 Å². The van der Waals surface area contributed by atoms with E-state index in [9.17, 15) is 4.79 Å². The van der Waals surface area contributed by atoms with E-state index in [0.717, 1.165) is 5.57 Å². The highest BCUT2D eigenvalue weighted by molar-refractivity contribution is 5.95. The number of rotatable bonds is 0. The molecule has 0 aromatic rings. The Labute approximate surface area is 73.0 Å². The quantitative estimate of drug-likeness (QED) is 0.580.